The van der Waals surface area contributed by atoms with Crippen molar-refractivity contribution < 1.29 is 40.3 Å². The molecule has 0 aliphatic rings. The van der Waals surface area contributed by atoms with Crippen LogP contribution in [0.15, 0.2) is 48.5 Å². The Morgan fingerprint density at radius 2 is 1.23 bits per heavy atom. The van der Waals surface area contributed by atoms with Crippen molar-refractivity contribution in [3.05, 3.63) is 76.4 Å². The summed E-state index contributed by atoms with van der Waals surface area (Å²) in [6.45, 7) is 23.4. The first-order valence-corrected chi connectivity index (χ1v) is 20.9. The van der Waals surface area contributed by atoms with Crippen LogP contribution in [0.4, 0.5) is 26.3 Å². The lowest BCUT2D eigenvalue weighted by Gasteiger charge is -2.39. The molecule has 0 amide bonds. The molecule has 0 saturated heterocycles. The van der Waals surface area contributed by atoms with Gasteiger partial charge in [0.2, 0.25) is 18.1 Å². The maximum absolute atomic E-state index is 13.0. The Bertz CT molecular complexity index is 1440. The number of halogens is 6. The molecule has 0 aliphatic heterocycles. The van der Waals surface area contributed by atoms with E-state index in [2.05, 4.69) is 85.9 Å². The van der Waals surface area contributed by atoms with Gasteiger partial charge in [-0.2, -0.15) is 26.3 Å². The van der Waals surface area contributed by atoms with E-state index >= 15 is 0 Å². The highest BCUT2D eigenvalue weighted by Gasteiger charge is 2.70. The highest BCUT2D eigenvalue weighted by atomic mass is 28.3. The first-order chi connectivity index (χ1) is 21.8. The van der Waals surface area contributed by atoms with Gasteiger partial charge in [0.1, 0.15) is 0 Å². The van der Waals surface area contributed by atoms with Gasteiger partial charge in [0.25, 0.3) is 0 Å². The number of hydrogen-bond acceptors (Lipinski definition) is 3. The Morgan fingerprint density at radius 1 is 0.750 bits per heavy atom. The Kier molecular flexibility index (Phi) is 14.0. The van der Waals surface area contributed by atoms with Crippen molar-refractivity contribution in [2.24, 2.45) is 10.8 Å². The van der Waals surface area contributed by atoms with Crippen LogP contribution in [-0.2, 0) is 21.7 Å². The minimum absolute atomic E-state index is 0.120. The molecule has 2 aromatic rings. The zero-order valence-corrected chi connectivity index (χ0v) is 31.9. The molecule has 1 N–H and O–H groups in total. The van der Waals surface area contributed by atoms with Crippen LogP contribution in [-0.4, -0.2) is 41.1 Å². The fraction of sp³-hybridized carbons (Fsp3) is 0.568. The van der Waals surface area contributed by atoms with Crippen molar-refractivity contribution in [1.29, 1.82) is 0 Å². The standard InChI is InChI=1S/C37H50F6O3Si2/c1-12-27(17-14-22-35(44,36(38,39)40)37(41,42)43)28-16-13-15-25(23-28)18-19-26-20-21-29(31(33(2,3)4)45-47(8)9)30(24-26)32(34(5,6)7)46-48(10)11/h13,15-17,20-21,23-24,31-32,44H,12,18-19H2,1-11H3. The summed E-state index contributed by atoms with van der Waals surface area (Å²) in [6, 6.07) is 13.9. The highest BCUT2D eigenvalue weighted by molar-refractivity contribution is 6.48. The Hall–Kier alpha value is -2.37. The molecule has 0 bridgehead atoms. The highest BCUT2D eigenvalue weighted by Crippen LogP contribution is 2.46. The van der Waals surface area contributed by atoms with Crippen LogP contribution >= 0.6 is 0 Å². The molecule has 266 valence electrons. The second-order valence-corrected chi connectivity index (χ2v) is 18.8. The van der Waals surface area contributed by atoms with Crippen molar-refractivity contribution >= 4 is 23.7 Å². The van der Waals surface area contributed by atoms with E-state index in [1.807, 2.05) is 18.1 Å². The average Bonchev–Trinajstić information content (AvgIpc) is 2.93. The minimum atomic E-state index is -6.00. The van der Waals surface area contributed by atoms with E-state index < -0.39 is 36.0 Å². The lowest BCUT2D eigenvalue weighted by Crippen LogP contribution is -2.55. The van der Waals surface area contributed by atoms with E-state index in [0.29, 0.717) is 30.4 Å². The largest absolute Gasteiger partial charge is 0.438 e. The number of aliphatic hydroxyl groups is 1. The van der Waals surface area contributed by atoms with Crippen LogP contribution in [0.25, 0.3) is 5.57 Å². The summed E-state index contributed by atoms with van der Waals surface area (Å²) in [5.41, 5.74) is -0.0598. The molecule has 2 atom stereocenters. The molecule has 2 unspecified atom stereocenters. The molecule has 0 saturated carbocycles. The zero-order chi connectivity index (χ0) is 36.9. The smallest absolute Gasteiger partial charge is 0.410 e. The van der Waals surface area contributed by atoms with Crippen LogP contribution in [0.2, 0.25) is 26.2 Å². The fourth-order valence-electron chi connectivity index (χ4n) is 5.27. The maximum atomic E-state index is 13.0. The Labute approximate surface area is 286 Å². The SMILES string of the molecule is CCC(=CC#CC(O)(C(F)(F)F)C(F)(F)F)c1cccc(CCc2ccc(C(O[Si](C)C)C(C)(C)C)c(C(O[Si](C)C)C(C)(C)C)c2)c1. The van der Waals surface area contributed by atoms with Crippen molar-refractivity contribution in [1.82, 2.24) is 0 Å². The summed E-state index contributed by atoms with van der Waals surface area (Å²) < 4.78 is 91.6. The molecule has 0 heterocycles. The topological polar surface area (TPSA) is 38.7 Å². The monoisotopic (exact) mass is 712 g/mol. The molecule has 2 radical (unpaired) electrons. The summed E-state index contributed by atoms with van der Waals surface area (Å²) in [6.07, 6.45) is -9.62. The summed E-state index contributed by atoms with van der Waals surface area (Å²) in [5.74, 6) is 2.83. The summed E-state index contributed by atoms with van der Waals surface area (Å²) in [4.78, 5) is 0. The number of benzene rings is 2. The van der Waals surface area contributed by atoms with Gasteiger partial charge < -0.3 is 14.0 Å². The molecule has 3 nitrogen and oxygen atoms in total. The third kappa shape index (κ3) is 11.1. The van der Waals surface area contributed by atoms with Crippen molar-refractivity contribution in [3.63, 3.8) is 0 Å². The van der Waals surface area contributed by atoms with Crippen LogP contribution in [0.3, 0.4) is 0 Å². The molecule has 0 spiro atoms. The van der Waals surface area contributed by atoms with Gasteiger partial charge in [-0.05, 0) is 102 Å². The number of alkyl halides is 6. The molecule has 0 aromatic heterocycles. The first-order valence-electron chi connectivity index (χ1n) is 16.0. The van der Waals surface area contributed by atoms with Gasteiger partial charge in [-0.1, -0.05) is 96.9 Å². The van der Waals surface area contributed by atoms with Crippen LogP contribution in [0.1, 0.15) is 94.9 Å². The quantitative estimate of drug-likeness (QED) is 0.143. The third-order valence-electron chi connectivity index (χ3n) is 7.70. The van der Waals surface area contributed by atoms with Gasteiger partial charge in [-0.25, -0.2) is 0 Å². The van der Waals surface area contributed by atoms with E-state index in [1.165, 1.54) is 0 Å². The number of hydrogen-bond donors (Lipinski definition) is 1. The van der Waals surface area contributed by atoms with Crippen LogP contribution in [0.5, 0.6) is 0 Å². The van der Waals surface area contributed by atoms with Gasteiger partial charge in [0, 0.05) is 0 Å². The molecule has 48 heavy (non-hydrogen) atoms. The molecule has 2 aromatic carbocycles. The van der Waals surface area contributed by atoms with E-state index in [9.17, 15) is 31.4 Å². The fourth-order valence-corrected chi connectivity index (χ4v) is 7.17. The van der Waals surface area contributed by atoms with Gasteiger partial charge in [-0.3, -0.25) is 0 Å². The molecular weight excluding hydrogens is 663 g/mol. The normalized spacial score (nSPS) is 15.0. The average molecular weight is 713 g/mol. The number of rotatable bonds is 11. The van der Waals surface area contributed by atoms with Crippen LogP contribution < -0.4 is 0 Å². The van der Waals surface area contributed by atoms with Crippen molar-refractivity contribution in [3.8, 4) is 11.8 Å². The molecule has 0 aliphatic carbocycles. The minimum Gasteiger partial charge on any atom is -0.410 e. The second-order valence-electron chi connectivity index (χ2n) is 14.7. The number of aryl methyl sites for hydroxylation is 2. The first kappa shape index (κ1) is 41.8. The predicted molar refractivity (Wildman–Crippen MR) is 185 cm³/mol. The molecule has 2 rings (SSSR count). The zero-order valence-electron chi connectivity index (χ0n) is 29.9. The predicted octanol–water partition coefficient (Wildman–Crippen LogP) is 10.8. The lowest BCUT2D eigenvalue weighted by molar-refractivity contribution is -0.343. The number of allylic oxidation sites excluding steroid dienone is 2. The van der Waals surface area contributed by atoms with Gasteiger partial charge >= 0.3 is 18.0 Å². The maximum Gasteiger partial charge on any atom is 0.438 e. The van der Waals surface area contributed by atoms with E-state index in [1.54, 1.807) is 19.1 Å². The van der Waals surface area contributed by atoms with Gasteiger partial charge in [-0.15, -0.1) is 0 Å². The van der Waals surface area contributed by atoms with Crippen molar-refractivity contribution in [2.75, 3.05) is 0 Å². The summed E-state index contributed by atoms with van der Waals surface area (Å²) in [7, 11) is -2.07. The van der Waals surface area contributed by atoms with Crippen molar-refractivity contribution in [2.45, 2.75) is 124 Å². The summed E-state index contributed by atoms with van der Waals surface area (Å²) in [5, 5.41) is 9.36. The van der Waals surface area contributed by atoms with Crippen LogP contribution in [0, 0.1) is 22.7 Å². The second kappa shape index (κ2) is 16.1. The molecular formula is C37H50F6O3Si2. The third-order valence-corrected chi connectivity index (χ3v) is 9.11. The molecule has 0 fully saturated rings. The van der Waals surface area contributed by atoms with Gasteiger partial charge in [0.05, 0.1) is 12.2 Å². The van der Waals surface area contributed by atoms with E-state index in [0.717, 1.165) is 34.3 Å². The Balaban J connectivity index is 2.52. The van der Waals surface area contributed by atoms with Gasteiger partial charge in [0.15, 0.2) is 0 Å². The lowest BCUT2D eigenvalue weighted by atomic mass is 9.77. The Morgan fingerprint density at radius 3 is 1.67 bits per heavy atom. The van der Waals surface area contributed by atoms with E-state index in [-0.39, 0.29) is 23.0 Å². The molecule has 11 heteroatoms. The summed E-state index contributed by atoms with van der Waals surface area (Å²) >= 11 is 0. The van der Waals surface area contributed by atoms with E-state index in [4.69, 9.17) is 8.85 Å².